The first-order valence-electron chi connectivity index (χ1n) is 7.90. The van der Waals surface area contributed by atoms with E-state index >= 15 is 0 Å². The molecule has 0 saturated heterocycles. The molecule has 0 saturated carbocycles. The molecule has 4 aromatic rings. The Bertz CT molecular complexity index is 995. The van der Waals surface area contributed by atoms with Gasteiger partial charge in [-0.1, -0.05) is 30.3 Å². The molecule has 0 aliphatic rings. The van der Waals surface area contributed by atoms with Gasteiger partial charge in [0.25, 0.3) is 0 Å². The Labute approximate surface area is 148 Å². The van der Waals surface area contributed by atoms with Crippen molar-refractivity contribution < 1.29 is 5.11 Å². The lowest BCUT2D eigenvalue weighted by atomic mass is 10.1. The van der Waals surface area contributed by atoms with Gasteiger partial charge in [0, 0.05) is 36.3 Å². The average Bonchev–Trinajstić information content (AvgIpc) is 3.27. The highest BCUT2D eigenvalue weighted by atomic mass is 32.1. The monoisotopic (exact) mass is 351 g/mol. The molecule has 2 N–H and O–H groups in total. The number of fused-ring (bicyclic) bond motifs is 1. The summed E-state index contributed by atoms with van der Waals surface area (Å²) < 4.78 is 1.67. The van der Waals surface area contributed by atoms with Gasteiger partial charge in [-0.2, -0.15) is 5.10 Å². The lowest BCUT2D eigenvalue weighted by Gasteiger charge is -2.12. The Balaban J connectivity index is 1.64. The zero-order chi connectivity index (χ0) is 17.2. The highest BCUT2D eigenvalue weighted by Crippen LogP contribution is 2.36. The Morgan fingerprint density at radius 2 is 2.08 bits per heavy atom. The van der Waals surface area contributed by atoms with Crippen LogP contribution in [-0.2, 0) is 7.05 Å². The van der Waals surface area contributed by atoms with Crippen LogP contribution < -0.4 is 5.32 Å². The number of thiophene rings is 1. The number of hydrogen-bond acceptors (Lipinski definition) is 6. The Morgan fingerprint density at radius 1 is 1.24 bits per heavy atom. The molecule has 0 unspecified atom stereocenters. The van der Waals surface area contributed by atoms with Gasteiger partial charge in [-0.25, -0.2) is 9.97 Å². The predicted molar refractivity (Wildman–Crippen MR) is 99.5 cm³/mol. The summed E-state index contributed by atoms with van der Waals surface area (Å²) >= 11 is 1.59. The fourth-order valence-corrected chi connectivity index (χ4v) is 3.68. The van der Waals surface area contributed by atoms with Crippen LogP contribution in [0, 0.1) is 0 Å². The van der Waals surface area contributed by atoms with Crippen LogP contribution in [0.2, 0.25) is 0 Å². The minimum atomic E-state index is -0.655. The number of hydrogen-bond donors (Lipinski definition) is 2. The van der Waals surface area contributed by atoms with Gasteiger partial charge in [-0.3, -0.25) is 4.68 Å². The third kappa shape index (κ3) is 3.11. The quantitative estimate of drug-likeness (QED) is 0.577. The van der Waals surface area contributed by atoms with Crippen molar-refractivity contribution in [3.63, 3.8) is 0 Å². The van der Waals surface area contributed by atoms with Crippen molar-refractivity contribution in [1.82, 2.24) is 19.7 Å². The van der Waals surface area contributed by atoms with E-state index < -0.39 is 6.10 Å². The number of aliphatic hydroxyl groups is 1. The number of nitrogens with zero attached hydrogens (tertiary/aromatic N) is 4. The van der Waals surface area contributed by atoms with E-state index in [2.05, 4.69) is 37.9 Å². The summed E-state index contributed by atoms with van der Waals surface area (Å²) in [6, 6.07) is 10.2. The van der Waals surface area contributed by atoms with Crippen LogP contribution in [0.25, 0.3) is 21.3 Å². The number of benzene rings is 1. The average molecular weight is 351 g/mol. The fraction of sp³-hybridized carbons (Fsp3) is 0.167. The minimum absolute atomic E-state index is 0.349. The summed E-state index contributed by atoms with van der Waals surface area (Å²) in [5, 5.41) is 20.8. The minimum Gasteiger partial charge on any atom is -0.386 e. The third-order valence-corrected chi connectivity index (χ3v) is 4.91. The molecule has 0 amide bonds. The van der Waals surface area contributed by atoms with Crippen LogP contribution in [0.15, 0.2) is 54.4 Å². The van der Waals surface area contributed by atoms with E-state index in [1.165, 1.54) is 0 Å². The predicted octanol–water partition coefficient (Wildman–Crippen LogP) is 3.24. The van der Waals surface area contributed by atoms with Crippen molar-refractivity contribution in [2.45, 2.75) is 6.10 Å². The molecule has 0 aliphatic carbocycles. The standard InChI is InChI=1S/C18H17N5OS/c1-23-9-13(7-22-23)15(24)8-19-17-16-14(12-5-3-2-4-6-12)10-25-18(16)21-11-20-17/h2-7,9-11,15,24H,8H2,1H3,(H,19,20,21)/t15-/m0/s1. The summed E-state index contributed by atoms with van der Waals surface area (Å²) in [5.74, 6) is 0.730. The van der Waals surface area contributed by atoms with E-state index in [1.807, 2.05) is 31.4 Å². The molecule has 3 heterocycles. The first-order valence-corrected chi connectivity index (χ1v) is 8.78. The van der Waals surface area contributed by atoms with Gasteiger partial charge in [0.15, 0.2) is 0 Å². The van der Waals surface area contributed by atoms with Gasteiger partial charge in [-0.15, -0.1) is 11.3 Å². The molecule has 126 valence electrons. The largest absolute Gasteiger partial charge is 0.386 e. The van der Waals surface area contributed by atoms with Crippen molar-refractivity contribution in [3.05, 3.63) is 60.0 Å². The highest BCUT2D eigenvalue weighted by molar-refractivity contribution is 7.17. The van der Waals surface area contributed by atoms with Gasteiger partial charge >= 0.3 is 0 Å². The molecule has 3 aromatic heterocycles. The van der Waals surface area contributed by atoms with Crippen LogP contribution in [-0.4, -0.2) is 31.4 Å². The van der Waals surface area contributed by atoms with E-state index in [0.29, 0.717) is 6.54 Å². The molecule has 6 nitrogen and oxygen atoms in total. The first kappa shape index (κ1) is 15.7. The zero-order valence-corrected chi connectivity index (χ0v) is 14.4. The molecule has 0 spiro atoms. The number of nitrogens with one attached hydrogen (secondary N) is 1. The second-order valence-corrected chi connectivity index (χ2v) is 6.62. The molecular formula is C18H17N5OS. The first-order chi connectivity index (χ1) is 12.2. The molecule has 0 aliphatic heterocycles. The molecule has 0 bridgehead atoms. The van der Waals surface area contributed by atoms with Crippen molar-refractivity contribution in [2.24, 2.45) is 7.05 Å². The lowest BCUT2D eigenvalue weighted by molar-refractivity contribution is 0.191. The normalized spacial score (nSPS) is 12.4. The topological polar surface area (TPSA) is 75.9 Å². The van der Waals surface area contributed by atoms with Crippen LogP contribution in [0.3, 0.4) is 0 Å². The van der Waals surface area contributed by atoms with Gasteiger partial charge in [0.05, 0.1) is 17.7 Å². The molecular weight excluding hydrogens is 334 g/mol. The van der Waals surface area contributed by atoms with Crippen LogP contribution >= 0.6 is 11.3 Å². The second-order valence-electron chi connectivity index (χ2n) is 5.76. The molecule has 7 heteroatoms. The SMILES string of the molecule is Cn1cc([C@@H](O)CNc2ncnc3scc(-c4ccccc4)c23)cn1. The molecule has 0 radical (unpaired) electrons. The van der Waals surface area contributed by atoms with Crippen LogP contribution in [0.4, 0.5) is 5.82 Å². The van der Waals surface area contributed by atoms with Gasteiger partial charge < -0.3 is 10.4 Å². The summed E-state index contributed by atoms with van der Waals surface area (Å²) in [5.41, 5.74) is 2.99. The Hall–Kier alpha value is -2.77. The Kier molecular flexibility index (Phi) is 4.17. The highest BCUT2D eigenvalue weighted by Gasteiger charge is 2.15. The third-order valence-electron chi connectivity index (χ3n) is 4.03. The second kappa shape index (κ2) is 6.62. The molecule has 25 heavy (non-hydrogen) atoms. The van der Waals surface area contributed by atoms with Crippen molar-refractivity contribution in [1.29, 1.82) is 0 Å². The zero-order valence-electron chi connectivity index (χ0n) is 13.6. The molecule has 0 fully saturated rings. The van der Waals surface area contributed by atoms with Crippen molar-refractivity contribution in [3.8, 4) is 11.1 Å². The molecule has 1 aromatic carbocycles. The van der Waals surface area contributed by atoms with Gasteiger partial charge in [0.1, 0.15) is 17.0 Å². The maximum atomic E-state index is 10.3. The molecule has 1 atom stereocenters. The maximum Gasteiger partial charge on any atom is 0.138 e. The van der Waals surface area contributed by atoms with E-state index in [0.717, 1.165) is 32.7 Å². The lowest BCUT2D eigenvalue weighted by Crippen LogP contribution is -2.13. The van der Waals surface area contributed by atoms with Crippen molar-refractivity contribution >= 4 is 27.4 Å². The summed E-state index contributed by atoms with van der Waals surface area (Å²) in [6.07, 6.45) is 4.37. The van der Waals surface area contributed by atoms with Gasteiger partial charge in [-0.05, 0) is 5.56 Å². The van der Waals surface area contributed by atoms with E-state index in [4.69, 9.17) is 0 Å². The van der Waals surface area contributed by atoms with Gasteiger partial charge in [0.2, 0.25) is 0 Å². The fourth-order valence-electron chi connectivity index (χ4n) is 2.76. The maximum absolute atomic E-state index is 10.3. The number of aromatic nitrogens is 4. The van der Waals surface area contributed by atoms with Crippen LogP contribution in [0.5, 0.6) is 0 Å². The van der Waals surface area contributed by atoms with E-state index in [1.54, 1.807) is 28.5 Å². The smallest absolute Gasteiger partial charge is 0.138 e. The molecule has 4 rings (SSSR count). The number of rotatable bonds is 5. The summed E-state index contributed by atoms with van der Waals surface area (Å²) in [4.78, 5) is 9.68. The van der Waals surface area contributed by atoms with Crippen LogP contribution in [0.1, 0.15) is 11.7 Å². The van der Waals surface area contributed by atoms with E-state index in [-0.39, 0.29) is 0 Å². The number of aryl methyl sites for hydroxylation is 1. The summed E-state index contributed by atoms with van der Waals surface area (Å²) in [7, 11) is 1.83. The number of aliphatic hydroxyl groups excluding tert-OH is 1. The Morgan fingerprint density at radius 3 is 2.84 bits per heavy atom. The summed E-state index contributed by atoms with van der Waals surface area (Å²) in [6.45, 7) is 0.349. The van der Waals surface area contributed by atoms with E-state index in [9.17, 15) is 5.11 Å². The number of anilines is 1. The van der Waals surface area contributed by atoms with Crippen molar-refractivity contribution in [2.75, 3.05) is 11.9 Å².